The van der Waals surface area contributed by atoms with Gasteiger partial charge in [-0.25, -0.2) is 9.97 Å². The molecule has 128 valence electrons. The van der Waals surface area contributed by atoms with Crippen molar-refractivity contribution in [3.63, 3.8) is 0 Å². The minimum atomic E-state index is -0.0774. The van der Waals surface area contributed by atoms with E-state index in [2.05, 4.69) is 9.97 Å². The predicted molar refractivity (Wildman–Crippen MR) is 105 cm³/mol. The molecule has 2 aromatic carbocycles. The Bertz CT molecular complexity index is 1180. The molecule has 0 aliphatic rings. The van der Waals surface area contributed by atoms with Gasteiger partial charge in [-0.2, -0.15) is 0 Å². The molecule has 0 amide bonds. The molecule has 4 nitrogen and oxygen atoms in total. The Morgan fingerprint density at radius 1 is 0.808 bits per heavy atom. The number of fused-ring (bicyclic) bond motifs is 1. The van der Waals surface area contributed by atoms with E-state index >= 15 is 0 Å². The maximum Gasteiger partial charge on any atom is 0.267 e. The Hall–Kier alpha value is -3.27. The third-order valence-electron chi connectivity index (χ3n) is 4.63. The first-order valence-corrected chi connectivity index (χ1v) is 8.58. The second kappa shape index (κ2) is 6.23. The van der Waals surface area contributed by atoms with Crippen molar-refractivity contribution in [2.45, 2.75) is 20.8 Å². The van der Waals surface area contributed by atoms with Crippen molar-refractivity contribution in [1.82, 2.24) is 14.5 Å². The van der Waals surface area contributed by atoms with Gasteiger partial charge in [0.25, 0.3) is 5.56 Å². The van der Waals surface area contributed by atoms with Crippen LogP contribution in [0.15, 0.2) is 65.5 Å². The molecule has 0 spiro atoms. The lowest BCUT2D eigenvalue weighted by Gasteiger charge is -2.14. The number of aromatic nitrogens is 3. The molecule has 4 heteroatoms. The summed E-state index contributed by atoms with van der Waals surface area (Å²) in [6.07, 6.45) is 0. The van der Waals surface area contributed by atoms with Crippen LogP contribution in [0.25, 0.3) is 28.0 Å². The SMILES string of the molecule is Cc1ccccc1-n1c(C)nc2nc(-c3ccccc3)cc(C)c2c1=O. The number of pyridine rings is 1. The average Bonchev–Trinajstić information content (AvgIpc) is 2.63. The lowest BCUT2D eigenvalue weighted by molar-refractivity contribution is 0.881. The summed E-state index contributed by atoms with van der Waals surface area (Å²) < 4.78 is 1.68. The molecule has 2 heterocycles. The molecule has 4 aromatic rings. The quantitative estimate of drug-likeness (QED) is 0.544. The van der Waals surface area contributed by atoms with Gasteiger partial charge in [0.15, 0.2) is 5.65 Å². The van der Waals surface area contributed by atoms with E-state index in [0.717, 1.165) is 28.1 Å². The van der Waals surface area contributed by atoms with Gasteiger partial charge in [-0.1, -0.05) is 48.5 Å². The summed E-state index contributed by atoms with van der Waals surface area (Å²) in [5, 5.41) is 0.568. The zero-order valence-electron chi connectivity index (χ0n) is 15.0. The van der Waals surface area contributed by atoms with Crippen LogP contribution >= 0.6 is 0 Å². The van der Waals surface area contributed by atoms with Crippen LogP contribution in [0.1, 0.15) is 17.0 Å². The fourth-order valence-electron chi connectivity index (χ4n) is 3.32. The molecule has 0 radical (unpaired) electrons. The highest BCUT2D eigenvalue weighted by Crippen LogP contribution is 2.23. The number of hydrogen-bond donors (Lipinski definition) is 0. The summed E-state index contributed by atoms with van der Waals surface area (Å²) in [6, 6.07) is 19.7. The Balaban J connectivity index is 2.02. The van der Waals surface area contributed by atoms with Crippen molar-refractivity contribution in [3.05, 3.63) is 88.0 Å². The van der Waals surface area contributed by atoms with Crippen LogP contribution in [0, 0.1) is 20.8 Å². The lowest BCUT2D eigenvalue weighted by Crippen LogP contribution is -2.24. The highest BCUT2D eigenvalue weighted by Gasteiger charge is 2.15. The van der Waals surface area contributed by atoms with Gasteiger partial charge in [0.05, 0.1) is 16.8 Å². The maximum atomic E-state index is 13.3. The molecule has 0 aliphatic heterocycles. The molecule has 0 unspecified atom stereocenters. The number of aryl methyl sites for hydroxylation is 3. The van der Waals surface area contributed by atoms with Gasteiger partial charge in [0, 0.05) is 5.56 Å². The van der Waals surface area contributed by atoms with Crippen molar-refractivity contribution in [2.24, 2.45) is 0 Å². The van der Waals surface area contributed by atoms with E-state index < -0.39 is 0 Å². The summed E-state index contributed by atoms with van der Waals surface area (Å²) in [4.78, 5) is 22.6. The summed E-state index contributed by atoms with van der Waals surface area (Å²) in [6.45, 7) is 5.78. The van der Waals surface area contributed by atoms with E-state index in [4.69, 9.17) is 0 Å². The van der Waals surface area contributed by atoms with E-state index in [0.29, 0.717) is 16.9 Å². The second-order valence-corrected chi connectivity index (χ2v) is 6.48. The molecule has 0 aliphatic carbocycles. The van der Waals surface area contributed by atoms with Gasteiger partial charge in [-0.15, -0.1) is 0 Å². The zero-order chi connectivity index (χ0) is 18.3. The Labute approximate surface area is 151 Å². The van der Waals surface area contributed by atoms with Crippen LogP contribution in [-0.4, -0.2) is 14.5 Å². The first-order chi connectivity index (χ1) is 12.6. The fourth-order valence-corrected chi connectivity index (χ4v) is 3.32. The van der Waals surface area contributed by atoms with Crippen molar-refractivity contribution in [1.29, 1.82) is 0 Å². The number of benzene rings is 2. The molecular weight excluding hydrogens is 322 g/mol. The predicted octanol–water partition coefficient (Wildman–Crippen LogP) is 4.37. The van der Waals surface area contributed by atoms with Gasteiger partial charge in [-0.05, 0) is 44.0 Å². The van der Waals surface area contributed by atoms with Gasteiger partial charge in [0.2, 0.25) is 0 Å². The molecule has 0 fully saturated rings. The third-order valence-corrected chi connectivity index (χ3v) is 4.63. The van der Waals surface area contributed by atoms with Gasteiger partial charge >= 0.3 is 0 Å². The minimum Gasteiger partial charge on any atom is -0.268 e. The number of rotatable bonds is 2. The molecule has 0 saturated carbocycles. The van der Waals surface area contributed by atoms with Crippen LogP contribution in [-0.2, 0) is 0 Å². The zero-order valence-corrected chi connectivity index (χ0v) is 15.0. The van der Waals surface area contributed by atoms with E-state index in [-0.39, 0.29) is 5.56 Å². The number of hydrogen-bond acceptors (Lipinski definition) is 3. The van der Waals surface area contributed by atoms with Crippen molar-refractivity contribution >= 4 is 11.0 Å². The molecule has 0 atom stereocenters. The highest BCUT2D eigenvalue weighted by atomic mass is 16.1. The number of para-hydroxylation sites is 1. The first-order valence-electron chi connectivity index (χ1n) is 8.58. The summed E-state index contributed by atoms with van der Waals surface area (Å²) in [5.41, 5.74) is 5.04. The van der Waals surface area contributed by atoms with E-state index in [1.807, 2.05) is 81.4 Å². The van der Waals surface area contributed by atoms with Crippen LogP contribution in [0.5, 0.6) is 0 Å². The van der Waals surface area contributed by atoms with Crippen LogP contribution in [0.3, 0.4) is 0 Å². The minimum absolute atomic E-state index is 0.0774. The lowest BCUT2D eigenvalue weighted by atomic mass is 10.1. The standard InChI is InChI=1S/C22H19N3O/c1-14-9-7-8-12-19(14)25-16(3)23-21-20(22(25)26)15(2)13-18(24-21)17-10-5-4-6-11-17/h4-13H,1-3H3. The van der Waals surface area contributed by atoms with Crippen LogP contribution in [0.4, 0.5) is 0 Å². The molecule has 2 aromatic heterocycles. The van der Waals surface area contributed by atoms with Crippen molar-refractivity contribution < 1.29 is 0 Å². The van der Waals surface area contributed by atoms with Gasteiger partial charge in [0.1, 0.15) is 5.82 Å². The van der Waals surface area contributed by atoms with Crippen LogP contribution in [0.2, 0.25) is 0 Å². The second-order valence-electron chi connectivity index (χ2n) is 6.48. The summed E-state index contributed by atoms with van der Waals surface area (Å²) in [5.74, 6) is 0.633. The normalized spacial score (nSPS) is 11.0. The van der Waals surface area contributed by atoms with Crippen molar-refractivity contribution in [3.8, 4) is 16.9 Å². The fraction of sp³-hybridized carbons (Fsp3) is 0.136. The smallest absolute Gasteiger partial charge is 0.267 e. The molecule has 0 bridgehead atoms. The number of nitrogens with zero attached hydrogens (tertiary/aromatic N) is 3. The largest absolute Gasteiger partial charge is 0.268 e. The summed E-state index contributed by atoms with van der Waals surface area (Å²) >= 11 is 0. The average molecular weight is 341 g/mol. The molecule has 26 heavy (non-hydrogen) atoms. The third kappa shape index (κ3) is 2.60. The topological polar surface area (TPSA) is 47.8 Å². The van der Waals surface area contributed by atoms with E-state index in [1.54, 1.807) is 4.57 Å². The van der Waals surface area contributed by atoms with Crippen LogP contribution < -0.4 is 5.56 Å². The summed E-state index contributed by atoms with van der Waals surface area (Å²) in [7, 11) is 0. The van der Waals surface area contributed by atoms with Gasteiger partial charge in [-0.3, -0.25) is 9.36 Å². The molecule has 0 N–H and O–H groups in total. The monoisotopic (exact) mass is 341 g/mol. The van der Waals surface area contributed by atoms with Crippen molar-refractivity contribution in [2.75, 3.05) is 0 Å². The van der Waals surface area contributed by atoms with Gasteiger partial charge < -0.3 is 0 Å². The maximum absolute atomic E-state index is 13.3. The molecular formula is C22H19N3O. The highest BCUT2D eigenvalue weighted by molar-refractivity contribution is 5.81. The molecule has 4 rings (SSSR count). The van der Waals surface area contributed by atoms with E-state index in [9.17, 15) is 4.79 Å². The molecule has 0 saturated heterocycles. The first kappa shape index (κ1) is 16.2. The Morgan fingerprint density at radius 2 is 1.50 bits per heavy atom. The Morgan fingerprint density at radius 3 is 2.23 bits per heavy atom. The Kier molecular flexibility index (Phi) is 3.88. The van der Waals surface area contributed by atoms with E-state index in [1.165, 1.54) is 0 Å².